The number of nitrogens with zero attached hydrogens (tertiary/aromatic N) is 1. The van der Waals surface area contributed by atoms with Crippen molar-refractivity contribution in [2.45, 2.75) is 6.54 Å². The van der Waals surface area contributed by atoms with Crippen molar-refractivity contribution in [1.29, 1.82) is 0 Å². The fourth-order valence-corrected chi connectivity index (χ4v) is 1.08. The Morgan fingerprint density at radius 1 is 1.53 bits per heavy atom. The minimum atomic E-state index is -0.910. The summed E-state index contributed by atoms with van der Waals surface area (Å²) in [6.45, 7) is 0.196. The zero-order valence-electron chi connectivity index (χ0n) is 7.99. The fourth-order valence-electron chi connectivity index (χ4n) is 0.847. The van der Waals surface area contributed by atoms with Gasteiger partial charge in [0, 0.05) is 10.7 Å². The molecule has 0 bridgehead atoms. The van der Waals surface area contributed by atoms with Gasteiger partial charge in [-0.05, 0) is 28.1 Å². The number of halogens is 1. The molecule has 6 heteroatoms. The Kier molecular flexibility index (Phi) is 4.23. The Morgan fingerprint density at radius 2 is 2.27 bits per heavy atom. The van der Waals surface area contributed by atoms with Crippen LogP contribution in [-0.2, 0) is 20.9 Å². The van der Waals surface area contributed by atoms with Gasteiger partial charge >= 0.3 is 11.9 Å². The van der Waals surface area contributed by atoms with Crippen LogP contribution in [0.1, 0.15) is 5.69 Å². The average molecular weight is 273 g/mol. The van der Waals surface area contributed by atoms with Gasteiger partial charge in [-0.2, -0.15) is 0 Å². The lowest BCUT2D eigenvalue weighted by Crippen LogP contribution is -2.31. The monoisotopic (exact) mass is 272 g/mol. The van der Waals surface area contributed by atoms with Crippen LogP contribution < -0.4 is 5.32 Å². The molecule has 1 amide bonds. The van der Waals surface area contributed by atoms with Crippen molar-refractivity contribution in [3.05, 3.63) is 28.5 Å². The Hall–Kier alpha value is -1.43. The first-order valence-electron chi connectivity index (χ1n) is 4.10. The number of methoxy groups -OCH3 is 1. The van der Waals surface area contributed by atoms with Crippen LogP contribution in [0, 0.1) is 0 Å². The van der Waals surface area contributed by atoms with Gasteiger partial charge in [0.2, 0.25) is 0 Å². The minimum Gasteiger partial charge on any atom is -0.462 e. The summed E-state index contributed by atoms with van der Waals surface area (Å²) in [4.78, 5) is 25.7. The molecule has 0 aliphatic heterocycles. The molecular formula is C9H9BrN2O3. The highest BCUT2D eigenvalue weighted by atomic mass is 79.9. The molecule has 5 nitrogen and oxygen atoms in total. The van der Waals surface area contributed by atoms with Gasteiger partial charge in [-0.3, -0.25) is 9.78 Å². The van der Waals surface area contributed by atoms with Crippen LogP contribution in [0.5, 0.6) is 0 Å². The lowest BCUT2D eigenvalue weighted by molar-refractivity contribution is -0.152. The van der Waals surface area contributed by atoms with Crippen LogP contribution in [-0.4, -0.2) is 24.0 Å². The molecule has 0 aliphatic carbocycles. The summed E-state index contributed by atoms with van der Waals surface area (Å²) in [5.74, 6) is -1.69. The molecule has 0 unspecified atom stereocenters. The van der Waals surface area contributed by atoms with Crippen LogP contribution >= 0.6 is 15.9 Å². The molecule has 0 radical (unpaired) electrons. The Balaban J connectivity index is 2.47. The van der Waals surface area contributed by atoms with Crippen LogP contribution in [0.15, 0.2) is 22.8 Å². The van der Waals surface area contributed by atoms with E-state index in [2.05, 4.69) is 31.0 Å². The predicted molar refractivity (Wildman–Crippen MR) is 55.8 cm³/mol. The lowest BCUT2D eigenvalue weighted by atomic mass is 10.3. The molecule has 0 saturated carbocycles. The lowest BCUT2D eigenvalue weighted by Gasteiger charge is -2.02. The van der Waals surface area contributed by atoms with E-state index in [-0.39, 0.29) is 6.54 Å². The average Bonchev–Trinajstić information content (AvgIpc) is 2.26. The van der Waals surface area contributed by atoms with Gasteiger partial charge in [0.05, 0.1) is 19.3 Å². The van der Waals surface area contributed by atoms with E-state index in [4.69, 9.17) is 0 Å². The Morgan fingerprint density at radius 3 is 2.80 bits per heavy atom. The molecular weight excluding hydrogens is 264 g/mol. The predicted octanol–water partition coefficient (Wildman–Crippen LogP) is 0.633. The van der Waals surface area contributed by atoms with Crippen molar-refractivity contribution in [2.75, 3.05) is 7.11 Å². The standard InChI is InChI=1S/C9H9BrN2O3/c1-15-9(14)8(13)12-5-7-3-2-6(10)4-11-7/h2-4H,5H2,1H3,(H,12,13). The third-order valence-electron chi connectivity index (χ3n) is 1.59. The van der Waals surface area contributed by atoms with Gasteiger partial charge in [-0.25, -0.2) is 4.79 Å². The largest absolute Gasteiger partial charge is 0.462 e. The van der Waals surface area contributed by atoms with Gasteiger partial charge in [0.1, 0.15) is 0 Å². The van der Waals surface area contributed by atoms with Crippen LogP contribution in [0.25, 0.3) is 0 Å². The highest BCUT2D eigenvalue weighted by Gasteiger charge is 2.12. The van der Waals surface area contributed by atoms with E-state index in [1.807, 2.05) is 0 Å². The normalized spacial score (nSPS) is 9.47. The number of hydrogen-bond acceptors (Lipinski definition) is 4. The van der Waals surface area contributed by atoms with Crippen molar-refractivity contribution in [3.63, 3.8) is 0 Å². The molecule has 0 spiro atoms. The third kappa shape index (κ3) is 3.67. The molecule has 0 atom stereocenters. The quantitative estimate of drug-likeness (QED) is 0.634. The Bertz CT molecular complexity index is 364. The molecule has 1 heterocycles. The van der Waals surface area contributed by atoms with Gasteiger partial charge in [0.15, 0.2) is 0 Å². The first-order valence-corrected chi connectivity index (χ1v) is 4.89. The first kappa shape index (κ1) is 11.6. The number of carbonyl (C=O) groups excluding carboxylic acids is 2. The number of carbonyl (C=O) groups is 2. The number of ether oxygens (including phenoxy) is 1. The summed E-state index contributed by atoms with van der Waals surface area (Å²) >= 11 is 3.24. The SMILES string of the molecule is COC(=O)C(=O)NCc1ccc(Br)cn1. The van der Waals surface area contributed by atoms with Crippen molar-refractivity contribution < 1.29 is 14.3 Å². The summed E-state index contributed by atoms with van der Waals surface area (Å²) in [6, 6.07) is 3.54. The maximum Gasteiger partial charge on any atom is 0.396 e. The molecule has 1 aromatic heterocycles. The fraction of sp³-hybridized carbons (Fsp3) is 0.222. The van der Waals surface area contributed by atoms with Crippen LogP contribution in [0.2, 0.25) is 0 Å². The summed E-state index contributed by atoms with van der Waals surface area (Å²) in [5, 5.41) is 2.38. The van der Waals surface area contributed by atoms with Crippen LogP contribution in [0.4, 0.5) is 0 Å². The molecule has 0 aliphatic rings. The van der Waals surface area contributed by atoms with E-state index in [1.54, 1.807) is 18.3 Å². The topological polar surface area (TPSA) is 68.3 Å². The van der Waals surface area contributed by atoms with Gasteiger partial charge in [-0.15, -0.1) is 0 Å². The van der Waals surface area contributed by atoms with Gasteiger partial charge in [-0.1, -0.05) is 0 Å². The molecule has 80 valence electrons. The van der Waals surface area contributed by atoms with Gasteiger partial charge in [0.25, 0.3) is 0 Å². The van der Waals surface area contributed by atoms with E-state index in [0.29, 0.717) is 5.69 Å². The number of rotatable bonds is 2. The minimum absolute atomic E-state index is 0.196. The molecule has 15 heavy (non-hydrogen) atoms. The number of hydrogen-bond donors (Lipinski definition) is 1. The van der Waals surface area contributed by atoms with Crippen molar-refractivity contribution in [2.24, 2.45) is 0 Å². The molecule has 1 rings (SSSR count). The number of esters is 1. The van der Waals surface area contributed by atoms with Crippen LogP contribution in [0.3, 0.4) is 0 Å². The second-order valence-electron chi connectivity index (χ2n) is 2.64. The number of nitrogens with one attached hydrogen (secondary N) is 1. The molecule has 1 aromatic rings. The van der Waals surface area contributed by atoms with E-state index < -0.39 is 11.9 Å². The third-order valence-corrected chi connectivity index (χ3v) is 2.06. The Labute approximate surface area is 95.0 Å². The van der Waals surface area contributed by atoms with E-state index in [1.165, 1.54) is 0 Å². The summed E-state index contributed by atoms with van der Waals surface area (Å²) in [7, 11) is 1.15. The van der Waals surface area contributed by atoms with Gasteiger partial charge < -0.3 is 10.1 Å². The number of aromatic nitrogens is 1. The molecule has 0 saturated heterocycles. The summed E-state index contributed by atoms with van der Waals surface area (Å²) in [5.41, 5.74) is 0.662. The summed E-state index contributed by atoms with van der Waals surface area (Å²) < 4.78 is 5.09. The molecule has 0 fully saturated rings. The first-order chi connectivity index (χ1) is 7.13. The highest BCUT2D eigenvalue weighted by Crippen LogP contribution is 2.06. The van der Waals surface area contributed by atoms with Crippen molar-refractivity contribution in [1.82, 2.24) is 10.3 Å². The van der Waals surface area contributed by atoms with Crippen molar-refractivity contribution >= 4 is 27.8 Å². The highest BCUT2D eigenvalue weighted by molar-refractivity contribution is 9.10. The van der Waals surface area contributed by atoms with E-state index >= 15 is 0 Å². The smallest absolute Gasteiger partial charge is 0.396 e. The molecule has 1 N–H and O–H groups in total. The maximum atomic E-state index is 11.0. The second-order valence-corrected chi connectivity index (χ2v) is 3.56. The maximum absolute atomic E-state index is 11.0. The van der Waals surface area contributed by atoms with E-state index in [9.17, 15) is 9.59 Å². The van der Waals surface area contributed by atoms with E-state index in [0.717, 1.165) is 11.6 Å². The molecule has 0 aromatic carbocycles. The number of amides is 1. The summed E-state index contributed by atoms with van der Waals surface area (Å²) in [6.07, 6.45) is 1.61. The second kappa shape index (κ2) is 5.45. The number of pyridine rings is 1. The van der Waals surface area contributed by atoms with Crippen molar-refractivity contribution in [3.8, 4) is 0 Å². The zero-order chi connectivity index (χ0) is 11.3. The zero-order valence-corrected chi connectivity index (χ0v) is 9.58.